The number of benzene rings is 1. The standard InChI is InChI=1S/C18H19F3N4O3/c19-18(20,21)14-3-1-12(2-4-14)11-25-15(5-8-22-25)23-17(28)24-9-6-13(7-10-24)16(26)27/h1-5,8,13H,6-7,9-11H2,(H,23,28)(H,26,27). The lowest BCUT2D eigenvalue weighted by Gasteiger charge is -2.30. The lowest BCUT2D eigenvalue weighted by Crippen LogP contribution is -2.42. The summed E-state index contributed by atoms with van der Waals surface area (Å²) < 4.78 is 39.4. The predicted molar refractivity (Wildman–Crippen MR) is 93.7 cm³/mol. The Morgan fingerprint density at radius 1 is 1.14 bits per heavy atom. The number of aromatic nitrogens is 2. The molecule has 1 saturated heterocycles. The van der Waals surface area contributed by atoms with Gasteiger partial charge in [-0.1, -0.05) is 12.1 Å². The smallest absolute Gasteiger partial charge is 0.416 e. The monoisotopic (exact) mass is 396 g/mol. The molecule has 1 aliphatic rings. The fraction of sp³-hybridized carbons (Fsp3) is 0.389. The van der Waals surface area contributed by atoms with Gasteiger partial charge in [0.2, 0.25) is 0 Å². The summed E-state index contributed by atoms with van der Waals surface area (Å²) in [6.45, 7) is 0.882. The Morgan fingerprint density at radius 3 is 2.36 bits per heavy atom. The van der Waals surface area contributed by atoms with E-state index in [9.17, 15) is 22.8 Å². The molecule has 2 N–H and O–H groups in total. The maximum atomic E-state index is 12.6. The van der Waals surface area contributed by atoms with Crippen LogP contribution < -0.4 is 5.32 Å². The SMILES string of the molecule is O=C(O)C1CCN(C(=O)Nc2ccnn2Cc2ccc(C(F)(F)F)cc2)CC1. The molecule has 1 aromatic heterocycles. The number of rotatable bonds is 4. The second kappa shape index (κ2) is 7.91. The van der Waals surface area contributed by atoms with Gasteiger partial charge in [-0.05, 0) is 30.5 Å². The van der Waals surface area contributed by atoms with Crippen molar-refractivity contribution in [3.05, 3.63) is 47.7 Å². The van der Waals surface area contributed by atoms with Gasteiger partial charge in [0.1, 0.15) is 5.82 Å². The van der Waals surface area contributed by atoms with Crippen LogP contribution in [0.2, 0.25) is 0 Å². The normalized spacial score (nSPS) is 15.5. The molecule has 2 aromatic rings. The Balaban J connectivity index is 1.61. The zero-order valence-electron chi connectivity index (χ0n) is 14.8. The number of nitrogens with one attached hydrogen (secondary N) is 1. The van der Waals surface area contributed by atoms with E-state index in [1.165, 1.54) is 27.9 Å². The van der Waals surface area contributed by atoms with Crippen LogP contribution in [0, 0.1) is 5.92 Å². The number of nitrogens with zero attached hydrogens (tertiary/aromatic N) is 3. The number of carboxylic acids is 1. The molecule has 1 aliphatic heterocycles. The van der Waals surface area contributed by atoms with Crippen LogP contribution in [0.3, 0.4) is 0 Å². The predicted octanol–water partition coefficient (Wildman–Crippen LogP) is 3.28. The molecule has 2 amide bonds. The third-order valence-corrected chi connectivity index (χ3v) is 4.70. The van der Waals surface area contributed by atoms with Crippen LogP contribution in [-0.2, 0) is 17.5 Å². The maximum absolute atomic E-state index is 12.6. The first-order valence-corrected chi connectivity index (χ1v) is 8.70. The zero-order chi connectivity index (χ0) is 20.3. The van der Waals surface area contributed by atoms with Gasteiger partial charge in [0.15, 0.2) is 0 Å². The molecular weight excluding hydrogens is 377 g/mol. The lowest BCUT2D eigenvalue weighted by atomic mass is 9.97. The van der Waals surface area contributed by atoms with Gasteiger partial charge in [-0.15, -0.1) is 0 Å². The fourth-order valence-electron chi connectivity index (χ4n) is 3.06. The van der Waals surface area contributed by atoms with Crippen LogP contribution in [0.15, 0.2) is 36.5 Å². The molecule has 150 valence electrons. The summed E-state index contributed by atoms with van der Waals surface area (Å²) in [5.74, 6) is -0.880. The number of likely N-dealkylation sites (tertiary alicyclic amines) is 1. The molecule has 7 nitrogen and oxygen atoms in total. The van der Waals surface area contributed by atoms with Crippen LogP contribution in [0.25, 0.3) is 0 Å². The minimum absolute atomic E-state index is 0.196. The molecule has 0 spiro atoms. The number of piperidine rings is 1. The summed E-state index contributed by atoms with van der Waals surface area (Å²) in [6.07, 6.45) is -2.12. The average Bonchev–Trinajstić information content (AvgIpc) is 3.08. The van der Waals surface area contributed by atoms with Gasteiger partial charge in [-0.2, -0.15) is 18.3 Å². The van der Waals surface area contributed by atoms with E-state index in [4.69, 9.17) is 5.11 Å². The third-order valence-electron chi connectivity index (χ3n) is 4.70. The Bertz CT molecular complexity index is 841. The maximum Gasteiger partial charge on any atom is 0.416 e. The Labute approximate surface area is 158 Å². The largest absolute Gasteiger partial charge is 0.481 e. The van der Waals surface area contributed by atoms with Crippen molar-refractivity contribution in [2.75, 3.05) is 18.4 Å². The van der Waals surface area contributed by atoms with Crippen molar-refractivity contribution < 1.29 is 27.9 Å². The molecule has 0 radical (unpaired) electrons. The molecule has 3 rings (SSSR count). The van der Waals surface area contributed by atoms with E-state index in [0.29, 0.717) is 37.3 Å². The van der Waals surface area contributed by atoms with E-state index in [2.05, 4.69) is 10.4 Å². The summed E-state index contributed by atoms with van der Waals surface area (Å²) >= 11 is 0. The van der Waals surface area contributed by atoms with Crippen molar-refractivity contribution in [2.45, 2.75) is 25.6 Å². The third kappa shape index (κ3) is 4.62. The Morgan fingerprint density at radius 2 is 1.79 bits per heavy atom. The van der Waals surface area contributed by atoms with Crippen molar-refractivity contribution in [2.24, 2.45) is 5.92 Å². The first-order valence-electron chi connectivity index (χ1n) is 8.70. The van der Waals surface area contributed by atoms with Crippen LogP contribution in [0.1, 0.15) is 24.0 Å². The minimum Gasteiger partial charge on any atom is -0.481 e. The number of hydrogen-bond acceptors (Lipinski definition) is 3. The zero-order valence-corrected chi connectivity index (χ0v) is 14.8. The summed E-state index contributed by atoms with van der Waals surface area (Å²) in [6, 6.07) is 5.97. The van der Waals surface area contributed by atoms with E-state index in [0.717, 1.165) is 12.1 Å². The first kappa shape index (κ1) is 19.7. The second-order valence-corrected chi connectivity index (χ2v) is 6.60. The molecule has 0 saturated carbocycles. The second-order valence-electron chi connectivity index (χ2n) is 6.60. The molecule has 1 fully saturated rings. The van der Waals surface area contributed by atoms with Gasteiger partial charge < -0.3 is 10.0 Å². The van der Waals surface area contributed by atoms with Gasteiger partial charge in [0, 0.05) is 19.2 Å². The van der Waals surface area contributed by atoms with Crippen LogP contribution in [-0.4, -0.2) is 44.9 Å². The Hall–Kier alpha value is -3.04. The average molecular weight is 396 g/mol. The lowest BCUT2D eigenvalue weighted by molar-refractivity contribution is -0.143. The number of hydrogen-bond donors (Lipinski definition) is 2. The van der Waals surface area contributed by atoms with Gasteiger partial charge in [0.05, 0.1) is 24.2 Å². The van der Waals surface area contributed by atoms with Crippen molar-refractivity contribution in [3.63, 3.8) is 0 Å². The van der Waals surface area contributed by atoms with Gasteiger partial charge in [-0.3, -0.25) is 10.1 Å². The van der Waals surface area contributed by atoms with E-state index in [1.807, 2.05) is 0 Å². The molecule has 28 heavy (non-hydrogen) atoms. The van der Waals surface area contributed by atoms with Gasteiger partial charge in [0.25, 0.3) is 0 Å². The van der Waals surface area contributed by atoms with Crippen LogP contribution >= 0.6 is 0 Å². The fourth-order valence-corrected chi connectivity index (χ4v) is 3.06. The van der Waals surface area contributed by atoms with E-state index in [-0.39, 0.29) is 12.6 Å². The van der Waals surface area contributed by atoms with Crippen molar-refractivity contribution >= 4 is 17.8 Å². The molecule has 2 heterocycles. The van der Waals surface area contributed by atoms with Gasteiger partial charge in [-0.25, -0.2) is 9.48 Å². The summed E-state index contributed by atoms with van der Waals surface area (Å²) in [5.41, 5.74) is -0.121. The van der Waals surface area contributed by atoms with Crippen molar-refractivity contribution in [1.29, 1.82) is 0 Å². The molecule has 0 unspecified atom stereocenters. The summed E-state index contributed by atoms with van der Waals surface area (Å²) in [4.78, 5) is 24.9. The summed E-state index contributed by atoms with van der Waals surface area (Å²) in [7, 11) is 0. The molecule has 0 bridgehead atoms. The molecule has 1 aromatic carbocycles. The number of carboxylic acid groups (broad SMARTS) is 1. The van der Waals surface area contributed by atoms with E-state index < -0.39 is 23.6 Å². The van der Waals surface area contributed by atoms with E-state index >= 15 is 0 Å². The Kier molecular flexibility index (Phi) is 5.57. The highest BCUT2D eigenvalue weighted by Gasteiger charge is 2.30. The number of anilines is 1. The highest BCUT2D eigenvalue weighted by atomic mass is 19.4. The number of urea groups is 1. The highest BCUT2D eigenvalue weighted by Crippen LogP contribution is 2.29. The number of aliphatic carboxylic acids is 1. The van der Waals surface area contributed by atoms with Crippen molar-refractivity contribution in [1.82, 2.24) is 14.7 Å². The first-order chi connectivity index (χ1) is 13.2. The molecular formula is C18H19F3N4O3. The number of carbonyl (C=O) groups excluding carboxylic acids is 1. The topological polar surface area (TPSA) is 87.5 Å². The summed E-state index contributed by atoms with van der Waals surface area (Å²) in [5, 5.41) is 15.8. The van der Waals surface area contributed by atoms with E-state index in [1.54, 1.807) is 6.07 Å². The van der Waals surface area contributed by atoms with Crippen molar-refractivity contribution in [3.8, 4) is 0 Å². The highest BCUT2D eigenvalue weighted by molar-refractivity contribution is 5.88. The number of alkyl halides is 3. The number of carbonyl (C=O) groups is 2. The minimum atomic E-state index is -4.39. The quantitative estimate of drug-likeness (QED) is 0.830. The molecule has 0 aliphatic carbocycles. The number of amides is 2. The van der Waals surface area contributed by atoms with Crippen LogP contribution in [0.4, 0.5) is 23.8 Å². The molecule has 10 heteroatoms. The van der Waals surface area contributed by atoms with Gasteiger partial charge >= 0.3 is 18.2 Å². The molecule has 0 atom stereocenters. The number of halogens is 3. The van der Waals surface area contributed by atoms with Crippen LogP contribution in [0.5, 0.6) is 0 Å².